The lowest BCUT2D eigenvalue weighted by Gasteiger charge is -2.37. The first-order valence-electron chi connectivity index (χ1n) is 11.1. The fourth-order valence-corrected chi connectivity index (χ4v) is 3.80. The first kappa shape index (κ1) is 24.4. The van der Waals surface area contributed by atoms with Crippen LogP contribution in [0.2, 0.25) is 0 Å². The number of amides is 1. The first-order valence-corrected chi connectivity index (χ1v) is 11.1. The molecule has 3 rings (SSSR count). The number of carbonyl (C=O) groups is 1. The van der Waals surface area contributed by atoms with Crippen LogP contribution in [0.15, 0.2) is 65.7 Å². The maximum absolute atomic E-state index is 13.2. The summed E-state index contributed by atoms with van der Waals surface area (Å²) in [5.74, 6) is 0.696. The summed E-state index contributed by atoms with van der Waals surface area (Å²) < 4.78 is 0. The molecule has 1 amide bonds. The van der Waals surface area contributed by atoms with E-state index in [-0.39, 0.29) is 11.9 Å². The van der Waals surface area contributed by atoms with Crippen molar-refractivity contribution in [3.05, 3.63) is 71.8 Å². The zero-order valence-corrected chi connectivity index (χ0v) is 19.5. The number of allylic oxidation sites excluding steroid dienone is 1. The molecule has 0 bridgehead atoms. The molecule has 166 valence electrons. The number of likely N-dealkylation sites (N-methyl/N-ethyl adjacent to an activating group) is 1. The number of rotatable bonds is 6. The summed E-state index contributed by atoms with van der Waals surface area (Å²) in [5, 5.41) is 0. The van der Waals surface area contributed by atoms with Crippen molar-refractivity contribution >= 4 is 23.1 Å². The number of benzene rings is 2. The number of carbonyl (C=O) groups excluding carboxylic acids is 1. The average Bonchev–Trinajstić information content (AvgIpc) is 2.79. The van der Waals surface area contributed by atoms with Crippen LogP contribution >= 0.6 is 0 Å². The van der Waals surface area contributed by atoms with Gasteiger partial charge in [-0.1, -0.05) is 62.4 Å². The van der Waals surface area contributed by atoms with Gasteiger partial charge in [-0.2, -0.15) is 0 Å². The van der Waals surface area contributed by atoms with Gasteiger partial charge in [-0.15, -0.1) is 0 Å². The van der Waals surface area contributed by atoms with Crippen LogP contribution < -0.4 is 10.6 Å². The quantitative estimate of drug-likeness (QED) is 0.524. The van der Waals surface area contributed by atoms with Gasteiger partial charge >= 0.3 is 0 Å². The Bertz CT molecular complexity index is 883. The fraction of sp³-hybridized carbons (Fsp3) is 0.385. The third-order valence-corrected chi connectivity index (χ3v) is 5.26. The van der Waals surface area contributed by atoms with Crippen molar-refractivity contribution in [2.75, 3.05) is 18.5 Å². The molecule has 1 aliphatic heterocycles. The molecule has 2 aromatic carbocycles. The standard InChI is InChI=1S/C24H30N4O.C2H6/c1-4-22(26-18(2)25)20-12-14-21(15-13-20)28-16-8-11-23(24(28)29)27(3)17-19-9-6-5-7-10-19;1-2/h4-7,9-10,12-15,23H,8,11,16-17H2,1-3H3,(H2,25,26);1-2H3/b22-4-;. The van der Waals surface area contributed by atoms with Gasteiger partial charge in [0.2, 0.25) is 5.91 Å². The number of anilines is 1. The molecule has 0 radical (unpaired) electrons. The highest BCUT2D eigenvalue weighted by molar-refractivity contribution is 5.98. The molecule has 1 unspecified atom stereocenters. The topological polar surface area (TPSA) is 61.9 Å². The highest BCUT2D eigenvalue weighted by atomic mass is 16.2. The molecule has 0 aliphatic carbocycles. The van der Waals surface area contributed by atoms with Gasteiger partial charge < -0.3 is 10.6 Å². The molecule has 5 nitrogen and oxygen atoms in total. The van der Waals surface area contributed by atoms with Crippen molar-refractivity contribution in [1.29, 1.82) is 0 Å². The van der Waals surface area contributed by atoms with Crippen molar-refractivity contribution in [3.63, 3.8) is 0 Å². The van der Waals surface area contributed by atoms with Gasteiger partial charge in [0.1, 0.15) is 0 Å². The summed E-state index contributed by atoms with van der Waals surface area (Å²) in [6.45, 7) is 9.24. The fourth-order valence-electron chi connectivity index (χ4n) is 3.80. The van der Waals surface area contributed by atoms with E-state index in [4.69, 9.17) is 5.73 Å². The maximum Gasteiger partial charge on any atom is 0.244 e. The number of piperidine rings is 1. The van der Waals surface area contributed by atoms with Crippen LogP contribution in [0, 0.1) is 0 Å². The van der Waals surface area contributed by atoms with E-state index in [0.29, 0.717) is 5.84 Å². The Morgan fingerprint density at radius 1 is 1.16 bits per heavy atom. The maximum atomic E-state index is 13.2. The van der Waals surface area contributed by atoms with Crippen LogP contribution in [0.3, 0.4) is 0 Å². The van der Waals surface area contributed by atoms with E-state index in [1.807, 2.05) is 81.3 Å². The Hall–Kier alpha value is -2.92. The van der Waals surface area contributed by atoms with Gasteiger partial charge in [-0.3, -0.25) is 9.69 Å². The van der Waals surface area contributed by atoms with Crippen LogP contribution in [0.25, 0.3) is 5.70 Å². The van der Waals surface area contributed by atoms with Gasteiger partial charge in [-0.05, 0) is 57.0 Å². The van der Waals surface area contributed by atoms with Crippen LogP contribution in [0.1, 0.15) is 51.7 Å². The number of amidine groups is 1. The summed E-state index contributed by atoms with van der Waals surface area (Å²) in [4.78, 5) is 21.6. The van der Waals surface area contributed by atoms with Gasteiger partial charge in [-0.25, -0.2) is 4.99 Å². The van der Waals surface area contributed by atoms with E-state index in [1.165, 1.54) is 5.56 Å². The van der Waals surface area contributed by atoms with Crippen LogP contribution in [0.4, 0.5) is 5.69 Å². The van der Waals surface area contributed by atoms with Gasteiger partial charge in [0.05, 0.1) is 17.6 Å². The predicted octanol–water partition coefficient (Wildman–Crippen LogP) is 5.08. The molecule has 0 aromatic heterocycles. The zero-order chi connectivity index (χ0) is 22.8. The molecule has 1 fully saturated rings. The number of aliphatic imine (C=N–C) groups is 1. The van der Waals surface area contributed by atoms with Crippen molar-refractivity contribution < 1.29 is 4.79 Å². The Morgan fingerprint density at radius 2 is 1.81 bits per heavy atom. The smallest absolute Gasteiger partial charge is 0.244 e. The molecule has 2 aromatic rings. The van der Waals surface area contributed by atoms with E-state index in [1.54, 1.807) is 6.92 Å². The lowest BCUT2D eigenvalue weighted by Crippen LogP contribution is -2.51. The van der Waals surface area contributed by atoms with E-state index >= 15 is 0 Å². The van der Waals surface area contributed by atoms with Crippen LogP contribution in [-0.4, -0.2) is 36.3 Å². The minimum Gasteiger partial charge on any atom is -0.387 e. The van der Waals surface area contributed by atoms with Crippen LogP contribution in [0.5, 0.6) is 0 Å². The third kappa shape index (κ3) is 6.53. The number of hydrogen-bond donors (Lipinski definition) is 1. The van der Waals surface area contributed by atoms with E-state index in [2.05, 4.69) is 22.0 Å². The van der Waals surface area contributed by atoms with Gasteiger partial charge in [0, 0.05) is 18.8 Å². The second-order valence-corrected chi connectivity index (χ2v) is 7.52. The zero-order valence-electron chi connectivity index (χ0n) is 19.5. The predicted molar refractivity (Wildman–Crippen MR) is 132 cm³/mol. The molecular formula is C26H36N4O. The SMILES string of the molecule is C/C=C(\N=C(C)N)c1ccc(N2CCCC(N(C)Cc3ccccc3)C2=O)cc1.CC. The summed E-state index contributed by atoms with van der Waals surface area (Å²) >= 11 is 0. The molecule has 31 heavy (non-hydrogen) atoms. The third-order valence-electron chi connectivity index (χ3n) is 5.26. The van der Waals surface area contributed by atoms with Crippen LogP contribution in [-0.2, 0) is 11.3 Å². The molecule has 1 saturated heterocycles. The lowest BCUT2D eigenvalue weighted by molar-refractivity contribution is -0.125. The van der Waals surface area contributed by atoms with Crippen molar-refractivity contribution in [2.24, 2.45) is 10.7 Å². The van der Waals surface area contributed by atoms with Crippen molar-refractivity contribution in [3.8, 4) is 0 Å². The van der Waals surface area contributed by atoms with Crippen molar-refractivity contribution in [2.45, 2.75) is 53.1 Å². The van der Waals surface area contributed by atoms with Gasteiger partial charge in [0.15, 0.2) is 0 Å². The molecule has 5 heteroatoms. The van der Waals surface area contributed by atoms with Crippen molar-refractivity contribution in [1.82, 2.24) is 4.90 Å². The molecule has 2 N–H and O–H groups in total. The summed E-state index contributed by atoms with van der Waals surface area (Å²) in [5.41, 5.74) is 9.70. The minimum atomic E-state index is -0.0979. The average molecular weight is 421 g/mol. The normalized spacial score (nSPS) is 17.4. The van der Waals surface area contributed by atoms with E-state index in [0.717, 1.165) is 42.9 Å². The summed E-state index contributed by atoms with van der Waals surface area (Å²) in [7, 11) is 2.04. The lowest BCUT2D eigenvalue weighted by atomic mass is 10.0. The first-order chi connectivity index (χ1) is 15.0. The van der Waals surface area contributed by atoms with E-state index < -0.39 is 0 Å². The molecule has 1 atom stereocenters. The molecule has 0 spiro atoms. The second-order valence-electron chi connectivity index (χ2n) is 7.52. The highest BCUT2D eigenvalue weighted by Crippen LogP contribution is 2.26. The Labute approximate surface area is 187 Å². The summed E-state index contributed by atoms with van der Waals surface area (Å²) in [6.07, 6.45) is 3.82. The monoisotopic (exact) mass is 420 g/mol. The van der Waals surface area contributed by atoms with Gasteiger partial charge in [0.25, 0.3) is 0 Å². The number of nitrogens with two attached hydrogens (primary N) is 1. The summed E-state index contributed by atoms with van der Waals surface area (Å²) in [6, 6.07) is 18.2. The second kappa shape index (κ2) is 12.1. The number of nitrogens with zero attached hydrogens (tertiary/aromatic N) is 3. The molecular weight excluding hydrogens is 384 g/mol. The minimum absolute atomic E-state index is 0.0979. The molecule has 0 saturated carbocycles. The Kier molecular flexibility index (Phi) is 9.47. The largest absolute Gasteiger partial charge is 0.387 e. The highest BCUT2D eigenvalue weighted by Gasteiger charge is 2.32. The molecule has 1 aliphatic rings. The Balaban J connectivity index is 0.00000166. The molecule has 1 heterocycles. The Morgan fingerprint density at radius 3 is 2.39 bits per heavy atom. The van der Waals surface area contributed by atoms with E-state index in [9.17, 15) is 4.79 Å². The number of hydrogen-bond acceptors (Lipinski definition) is 3.